The molecule has 1 aliphatic heterocycles. The first-order valence-electron chi connectivity index (χ1n) is 7.61. The van der Waals surface area contributed by atoms with Crippen molar-refractivity contribution in [1.29, 1.82) is 0 Å². The van der Waals surface area contributed by atoms with Gasteiger partial charge in [-0.3, -0.25) is 19.7 Å². The molecular formula is C18H14BrClN2O3. The van der Waals surface area contributed by atoms with E-state index in [0.29, 0.717) is 22.7 Å². The van der Waals surface area contributed by atoms with Crippen molar-refractivity contribution in [2.24, 2.45) is 5.92 Å². The van der Waals surface area contributed by atoms with Crippen LogP contribution in [0, 0.1) is 5.92 Å². The number of benzene rings is 2. The van der Waals surface area contributed by atoms with Crippen LogP contribution in [0.5, 0.6) is 0 Å². The summed E-state index contributed by atoms with van der Waals surface area (Å²) in [4.78, 5) is 35.2. The van der Waals surface area contributed by atoms with Gasteiger partial charge in [0, 0.05) is 16.6 Å². The zero-order valence-corrected chi connectivity index (χ0v) is 15.4. The zero-order chi connectivity index (χ0) is 18.0. The van der Waals surface area contributed by atoms with Crippen molar-refractivity contribution in [3.8, 4) is 0 Å². The van der Waals surface area contributed by atoms with Crippen molar-refractivity contribution in [3.63, 3.8) is 0 Å². The van der Waals surface area contributed by atoms with Crippen LogP contribution in [-0.2, 0) is 16.0 Å². The number of hydrogen-bond donors (Lipinski definition) is 2. The second-order valence-corrected chi connectivity index (χ2v) is 7.12. The molecule has 5 nitrogen and oxygen atoms in total. The molecule has 2 aromatic carbocycles. The SMILES string of the molecule is O=C1CC(Cc2ccc(NC(=O)c3cc(Br)ccc3Cl)cc2)C(=O)N1. The highest BCUT2D eigenvalue weighted by Gasteiger charge is 2.30. The third-order valence-corrected chi connectivity index (χ3v) is 4.75. The van der Waals surface area contributed by atoms with Gasteiger partial charge in [-0.25, -0.2) is 0 Å². The van der Waals surface area contributed by atoms with Gasteiger partial charge in [0.25, 0.3) is 5.91 Å². The van der Waals surface area contributed by atoms with E-state index in [1.54, 1.807) is 30.3 Å². The summed E-state index contributed by atoms with van der Waals surface area (Å²) in [5, 5.41) is 5.46. The molecule has 1 unspecified atom stereocenters. The van der Waals surface area contributed by atoms with Gasteiger partial charge in [-0.2, -0.15) is 0 Å². The summed E-state index contributed by atoms with van der Waals surface area (Å²) in [5.74, 6) is -1.09. The Labute approximate surface area is 157 Å². The second-order valence-electron chi connectivity index (χ2n) is 5.79. The smallest absolute Gasteiger partial charge is 0.257 e. The molecule has 128 valence electrons. The van der Waals surface area contributed by atoms with E-state index in [-0.39, 0.29) is 30.1 Å². The Kier molecular flexibility index (Phi) is 5.20. The van der Waals surface area contributed by atoms with Gasteiger partial charge < -0.3 is 5.32 Å². The van der Waals surface area contributed by atoms with E-state index < -0.39 is 0 Å². The molecule has 1 saturated heterocycles. The predicted octanol–water partition coefficient (Wildman–Crippen LogP) is 3.56. The molecule has 0 bridgehead atoms. The summed E-state index contributed by atoms with van der Waals surface area (Å²) in [6.45, 7) is 0. The minimum atomic E-state index is -0.326. The van der Waals surface area contributed by atoms with Gasteiger partial charge in [-0.1, -0.05) is 39.7 Å². The fourth-order valence-corrected chi connectivity index (χ4v) is 3.21. The number of rotatable bonds is 4. The molecular weight excluding hydrogens is 408 g/mol. The van der Waals surface area contributed by atoms with Crippen LogP contribution < -0.4 is 10.6 Å². The highest BCUT2D eigenvalue weighted by atomic mass is 79.9. The Morgan fingerprint density at radius 2 is 1.92 bits per heavy atom. The van der Waals surface area contributed by atoms with Crippen LogP contribution in [0.3, 0.4) is 0 Å². The number of halogens is 2. The van der Waals surface area contributed by atoms with Gasteiger partial charge in [-0.15, -0.1) is 0 Å². The average Bonchev–Trinajstić information content (AvgIpc) is 2.89. The molecule has 0 radical (unpaired) electrons. The molecule has 0 aromatic heterocycles. The number of amides is 3. The number of carbonyl (C=O) groups is 3. The van der Waals surface area contributed by atoms with Crippen molar-refractivity contribution in [2.75, 3.05) is 5.32 Å². The maximum Gasteiger partial charge on any atom is 0.257 e. The number of hydrogen-bond acceptors (Lipinski definition) is 3. The lowest BCUT2D eigenvalue weighted by Gasteiger charge is -2.09. The Morgan fingerprint density at radius 1 is 1.20 bits per heavy atom. The fraction of sp³-hybridized carbons (Fsp3) is 0.167. The second kappa shape index (κ2) is 7.37. The van der Waals surface area contributed by atoms with Crippen LogP contribution in [0.4, 0.5) is 5.69 Å². The van der Waals surface area contributed by atoms with Crippen molar-refractivity contribution >= 4 is 50.9 Å². The molecule has 1 heterocycles. The van der Waals surface area contributed by atoms with E-state index in [1.807, 2.05) is 12.1 Å². The Bertz CT molecular complexity index is 852. The van der Waals surface area contributed by atoms with Gasteiger partial charge >= 0.3 is 0 Å². The molecule has 3 amide bonds. The third kappa shape index (κ3) is 4.27. The first-order chi connectivity index (χ1) is 11.9. The van der Waals surface area contributed by atoms with Gasteiger partial charge in [0.2, 0.25) is 11.8 Å². The Morgan fingerprint density at radius 3 is 2.56 bits per heavy atom. The monoisotopic (exact) mass is 420 g/mol. The van der Waals surface area contributed by atoms with Crippen molar-refractivity contribution in [2.45, 2.75) is 12.8 Å². The van der Waals surface area contributed by atoms with Crippen molar-refractivity contribution < 1.29 is 14.4 Å². The maximum atomic E-state index is 12.3. The van der Waals surface area contributed by atoms with Crippen LogP contribution in [0.15, 0.2) is 46.9 Å². The van der Waals surface area contributed by atoms with Gasteiger partial charge in [0.15, 0.2) is 0 Å². The van der Waals surface area contributed by atoms with Gasteiger partial charge in [-0.05, 0) is 42.3 Å². The van der Waals surface area contributed by atoms with E-state index in [4.69, 9.17) is 11.6 Å². The number of anilines is 1. The van der Waals surface area contributed by atoms with E-state index >= 15 is 0 Å². The van der Waals surface area contributed by atoms with Gasteiger partial charge in [0.05, 0.1) is 16.5 Å². The lowest BCUT2D eigenvalue weighted by atomic mass is 9.98. The molecule has 7 heteroatoms. The molecule has 25 heavy (non-hydrogen) atoms. The predicted molar refractivity (Wildman–Crippen MR) is 98.5 cm³/mol. The lowest BCUT2D eigenvalue weighted by Crippen LogP contribution is -2.22. The van der Waals surface area contributed by atoms with Crippen LogP contribution >= 0.6 is 27.5 Å². The van der Waals surface area contributed by atoms with Crippen LogP contribution in [0.1, 0.15) is 22.3 Å². The Hall–Kier alpha value is -2.18. The van der Waals surface area contributed by atoms with E-state index in [9.17, 15) is 14.4 Å². The molecule has 1 aliphatic rings. The summed E-state index contributed by atoms with van der Waals surface area (Å²) in [6, 6.07) is 12.2. The first-order valence-corrected chi connectivity index (χ1v) is 8.78. The first kappa shape index (κ1) is 17.6. The Balaban J connectivity index is 1.66. The summed E-state index contributed by atoms with van der Waals surface area (Å²) in [6.07, 6.45) is 0.710. The van der Waals surface area contributed by atoms with E-state index in [1.165, 1.54) is 0 Å². The number of carbonyl (C=O) groups excluding carboxylic acids is 3. The quantitative estimate of drug-likeness (QED) is 0.741. The molecule has 1 atom stereocenters. The average molecular weight is 422 g/mol. The van der Waals surface area contributed by atoms with Crippen LogP contribution in [0.25, 0.3) is 0 Å². The standard InChI is InChI=1S/C18H14BrClN2O3/c19-12-3-6-15(20)14(9-12)18(25)21-13-4-1-10(2-5-13)7-11-8-16(23)22-17(11)24/h1-6,9,11H,7-8H2,(H,21,25)(H,22,23,24). The molecule has 2 N–H and O–H groups in total. The number of imide groups is 1. The topological polar surface area (TPSA) is 75.3 Å². The molecule has 3 rings (SSSR count). The molecule has 0 aliphatic carbocycles. The summed E-state index contributed by atoms with van der Waals surface area (Å²) in [7, 11) is 0. The number of nitrogens with one attached hydrogen (secondary N) is 2. The van der Waals surface area contributed by atoms with Crippen molar-refractivity contribution in [3.05, 3.63) is 63.1 Å². The van der Waals surface area contributed by atoms with E-state index in [0.717, 1.165) is 10.0 Å². The highest BCUT2D eigenvalue weighted by molar-refractivity contribution is 9.10. The summed E-state index contributed by atoms with van der Waals surface area (Å²) < 4.78 is 0.766. The molecule has 0 spiro atoms. The minimum Gasteiger partial charge on any atom is -0.322 e. The summed E-state index contributed by atoms with van der Waals surface area (Å²) in [5.41, 5.74) is 1.92. The highest BCUT2D eigenvalue weighted by Crippen LogP contribution is 2.23. The largest absolute Gasteiger partial charge is 0.322 e. The lowest BCUT2D eigenvalue weighted by molar-refractivity contribution is -0.125. The van der Waals surface area contributed by atoms with Gasteiger partial charge in [0.1, 0.15) is 0 Å². The molecule has 2 aromatic rings. The fourth-order valence-electron chi connectivity index (χ4n) is 2.65. The molecule has 1 fully saturated rings. The third-order valence-electron chi connectivity index (χ3n) is 3.93. The zero-order valence-electron chi connectivity index (χ0n) is 13.0. The van der Waals surface area contributed by atoms with Crippen LogP contribution in [-0.4, -0.2) is 17.7 Å². The molecule has 0 saturated carbocycles. The summed E-state index contributed by atoms with van der Waals surface area (Å²) >= 11 is 9.37. The normalized spacial score (nSPS) is 16.6. The van der Waals surface area contributed by atoms with E-state index in [2.05, 4.69) is 26.6 Å². The van der Waals surface area contributed by atoms with Crippen molar-refractivity contribution in [1.82, 2.24) is 5.32 Å². The minimum absolute atomic E-state index is 0.221. The maximum absolute atomic E-state index is 12.3. The van der Waals surface area contributed by atoms with Crippen LogP contribution in [0.2, 0.25) is 5.02 Å².